The van der Waals surface area contributed by atoms with E-state index in [1.807, 2.05) is 0 Å². The molecule has 6 aromatic rings. The molecule has 0 spiro atoms. The fourth-order valence-corrected chi connectivity index (χ4v) is 6.07. The maximum Gasteiger partial charge on any atom is 0.249 e. The molecule has 5 aromatic carbocycles. The van der Waals surface area contributed by atoms with Crippen LogP contribution in [0.1, 0.15) is 0 Å². The van der Waals surface area contributed by atoms with Crippen LogP contribution in [0.5, 0.6) is 0 Å². The van der Waals surface area contributed by atoms with Gasteiger partial charge in [0.15, 0.2) is 0 Å². The van der Waals surface area contributed by atoms with Gasteiger partial charge in [-0.3, -0.25) is 0 Å². The van der Waals surface area contributed by atoms with Crippen molar-refractivity contribution in [2.45, 2.75) is 0 Å². The minimum absolute atomic E-state index is 0.165. The van der Waals surface area contributed by atoms with Crippen molar-refractivity contribution in [3.63, 3.8) is 0 Å². The number of aromatic nitrogens is 1. The summed E-state index contributed by atoms with van der Waals surface area (Å²) in [6.07, 6.45) is 0. The third-order valence-corrected chi connectivity index (χ3v) is 7.38. The van der Waals surface area contributed by atoms with Gasteiger partial charge in [0.05, 0.1) is 5.52 Å². The lowest BCUT2D eigenvalue weighted by Crippen LogP contribution is -2.56. The summed E-state index contributed by atoms with van der Waals surface area (Å²) in [7, 11) is 0. The molecule has 0 saturated carbocycles. The van der Waals surface area contributed by atoms with Crippen molar-refractivity contribution in [3.05, 3.63) is 109 Å². The highest BCUT2D eigenvalue weighted by Gasteiger charge is 2.36. The highest BCUT2D eigenvalue weighted by atomic mass is 15.0. The number of nitrogens with zero attached hydrogens (tertiary/aromatic N) is 1. The molecule has 2 aliphatic rings. The van der Waals surface area contributed by atoms with Crippen LogP contribution in [-0.2, 0) is 0 Å². The zero-order chi connectivity index (χ0) is 21.5. The lowest BCUT2D eigenvalue weighted by Gasteiger charge is -2.29. The van der Waals surface area contributed by atoms with Crippen LogP contribution >= 0.6 is 0 Å². The smallest absolute Gasteiger partial charge is 0.249 e. The zero-order valence-electron chi connectivity index (χ0n) is 17.9. The number of hydrogen-bond acceptors (Lipinski definition) is 1. The molecule has 0 saturated heterocycles. The maximum absolute atomic E-state index is 3.82. The summed E-state index contributed by atoms with van der Waals surface area (Å²) in [5.74, 6) is 0. The van der Waals surface area contributed by atoms with E-state index in [2.05, 4.69) is 119 Å². The number of fused-ring (bicyclic) bond motifs is 10. The van der Waals surface area contributed by atoms with Crippen molar-refractivity contribution in [1.29, 1.82) is 0 Å². The summed E-state index contributed by atoms with van der Waals surface area (Å²) in [4.78, 5) is 0. The summed E-state index contributed by atoms with van der Waals surface area (Å²) < 4.78 is 2.48. The van der Waals surface area contributed by atoms with Gasteiger partial charge in [-0.05, 0) is 40.8 Å². The number of benzene rings is 5. The second-order valence-corrected chi connectivity index (χ2v) is 9.06. The van der Waals surface area contributed by atoms with Crippen LogP contribution in [0.15, 0.2) is 109 Å². The van der Waals surface area contributed by atoms with E-state index in [1.165, 1.54) is 60.7 Å². The first kappa shape index (κ1) is 17.3. The van der Waals surface area contributed by atoms with E-state index in [0.717, 1.165) is 5.69 Å². The lowest BCUT2D eigenvalue weighted by atomic mass is 9.35. The Hall–Kier alpha value is -4.24. The number of para-hydroxylation sites is 3. The van der Waals surface area contributed by atoms with Crippen molar-refractivity contribution < 1.29 is 0 Å². The highest BCUT2D eigenvalue weighted by Crippen LogP contribution is 2.36. The largest absolute Gasteiger partial charge is 0.355 e. The van der Waals surface area contributed by atoms with E-state index in [1.54, 1.807) is 0 Å². The zero-order valence-corrected chi connectivity index (χ0v) is 17.9. The normalized spacial score (nSPS) is 13.0. The van der Waals surface area contributed by atoms with Crippen LogP contribution in [0, 0.1) is 0 Å². The molecule has 0 unspecified atom stereocenters. The number of anilines is 2. The molecular formula is C30H19BN2. The van der Waals surface area contributed by atoms with Crippen molar-refractivity contribution in [2.24, 2.45) is 0 Å². The molecule has 1 aromatic heterocycles. The van der Waals surface area contributed by atoms with Crippen LogP contribution in [0.3, 0.4) is 0 Å². The first-order chi connectivity index (χ1) is 16.4. The first-order valence-corrected chi connectivity index (χ1v) is 11.5. The van der Waals surface area contributed by atoms with Crippen LogP contribution in [-0.4, -0.2) is 11.3 Å². The standard InChI is InChI=1S/C30H19BN2/c1-3-14-25-21(10-1)19-8-5-9-20(18-19)31-24-13-6-12-23-22-11-2-4-16-27(22)33(30(23)24)28-17-7-15-26(32-25)29(28)31/h1-18,32H. The van der Waals surface area contributed by atoms with Crippen LogP contribution in [0.2, 0.25) is 0 Å². The topological polar surface area (TPSA) is 17.0 Å². The number of rotatable bonds is 0. The van der Waals surface area contributed by atoms with Gasteiger partial charge < -0.3 is 9.88 Å². The average molecular weight is 418 g/mol. The first-order valence-electron chi connectivity index (χ1n) is 11.5. The monoisotopic (exact) mass is 418 g/mol. The quantitative estimate of drug-likeness (QED) is 0.329. The Balaban J connectivity index is 1.59. The summed E-state index contributed by atoms with van der Waals surface area (Å²) in [6.45, 7) is 0.165. The summed E-state index contributed by atoms with van der Waals surface area (Å²) in [5, 5.41) is 6.46. The van der Waals surface area contributed by atoms with Crippen molar-refractivity contribution in [3.8, 4) is 16.8 Å². The molecule has 2 nitrogen and oxygen atoms in total. The Morgan fingerprint density at radius 2 is 1.42 bits per heavy atom. The molecule has 8 rings (SSSR count). The molecule has 3 heterocycles. The molecule has 152 valence electrons. The van der Waals surface area contributed by atoms with Gasteiger partial charge in [-0.2, -0.15) is 0 Å². The van der Waals surface area contributed by atoms with E-state index >= 15 is 0 Å². The van der Waals surface area contributed by atoms with Crippen molar-refractivity contribution >= 4 is 56.3 Å². The Morgan fingerprint density at radius 1 is 0.636 bits per heavy atom. The molecule has 2 bridgehead atoms. The molecule has 0 atom stereocenters. The molecular weight excluding hydrogens is 399 g/mol. The van der Waals surface area contributed by atoms with Crippen molar-refractivity contribution in [2.75, 3.05) is 5.32 Å². The van der Waals surface area contributed by atoms with Gasteiger partial charge >= 0.3 is 0 Å². The van der Waals surface area contributed by atoms with Gasteiger partial charge in [0.25, 0.3) is 0 Å². The van der Waals surface area contributed by atoms with Gasteiger partial charge in [-0.15, -0.1) is 0 Å². The van der Waals surface area contributed by atoms with E-state index in [-0.39, 0.29) is 6.71 Å². The van der Waals surface area contributed by atoms with Gasteiger partial charge in [0.2, 0.25) is 6.71 Å². The molecule has 0 amide bonds. The van der Waals surface area contributed by atoms with E-state index in [9.17, 15) is 0 Å². The van der Waals surface area contributed by atoms with Crippen LogP contribution in [0.25, 0.3) is 38.6 Å². The fraction of sp³-hybridized carbons (Fsp3) is 0. The molecule has 0 fully saturated rings. The lowest BCUT2D eigenvalue weighted by molar-refractivity contribution is 1.19. The molecule has 0 radical (unpaired) electrons. The number of hydrogen-bond donors (Lipinski definition) is 1. The molecule has 0 aliphatic carbocycles. The molecule has 3 heteroatoms. The summed E-state index contributed by atoms with van der Waals surface area (Å²) in [5.41, 5.74) is 12.7. The minimum Gasteiger partial charge on any atom is -0.355 e. The molecule has 2 aliphatic heterocycles. The molecule has 33 heavy (non-hydrogen) atoms. The van der Waals surface area contributed by atoms with Gasteiger partial charge in [0.1, 0.15) is 0 Å². The second kappa shape index (κ2) is 6.17. The summed E-state index contributed by atoms with van der Waals surface area (Å²) in [6, 6.07) is 40.0. The third-order valence-electron chi connectivity index (χ3n) is 7.38. The predicted molar refractivity (Wildman–Crippen MR) is 141 cm³/mol. The second-order valence-electron chi connectivity index (χ2n) is 9.06. The van der Waals surface area contributed by atoms with Crippen molar-refractivity contribution in [1.82, 2.24) is 4.57 Å². The van der Waals surface area contributed by atoms with Gasteiger partial charge in [-0.1, -0.05) is 90.4 Å². The van der Waals surface area contributed by atoms with Gasteiger partial charge in [0, 0.05) is 38.9 Å². The van der Waals surface area contributed by atoms with E-state index in [4.69, 9.17) is 0 Å². The van der Waals surface area contributed by atoms with E-state index < -0.39 is 0 Å². The average Bonchev–Trinajstić information content (AvgIpc) is 3.22. The highest BCUT2D eigenvalue weighted by molar-refractivity contribution is 6.99. The molecule has 1 N–H and O–H groups in total. The fourth-order valence-electron chi connectivity index (χ4n) is 6.07. The maximum atomic E-state index is 3.82. The van der Waals surface area contributed by atoms with Gasteiger partial charge in [-0.25, -0.2) is 0 Å². The van der Waals surface area contributed by atoms with E-state index in [0.29, 0.717) is 0 Å². The van der Waals surface area contributed by atoms with Crippen LogP contribution < -0.4 is 21.7 Å². The SMILES string of the molecule is c1cc2cc(c1)-c1ccccc1Nc1cccc3c1B2c1cccc2c4ccccc4n-3c12. The Morgan fingerprint density at radius 3 is 2.42 bits per heavy atom. The Bertz CT molecular complexity index is 1760. The minimum atomic E-state index is 0.165. The Kier molecular flexibility index (Phi) is 3.24. The number of nitrogens with one attached hydrogen (secondary N) is 1. The summed E-state index contributed by atoms with van der Waals surface area (Å²) >= 11 is 0. The Labute approximate surface area is 192 Å². The third kappa shape index (κ3) is 2.19. The predicted octanol–water partition coefficient (Wildman–Crippen LogP) is 5.34. The van der Waals surface area contributed by atoms with Crippen LogP contribution in [0.4, 0.5) is 11.4 Å².